The van der Waals surface area contributed by atoms with Gasteiger partial charge < -0.3 is 10.5 Å². The molecule has 1 atom stereocenters. The zero-order valence-electron chi connectivity index (χ0n) is 12.3. The molecule has 0 bridgehead atoms. The van der Waals surface area contributed by atoms with Gasteiger partial charge in [0.2, 0.25) is 5.88 Å². The van der Waals surface area contributed by atoms with Gasteiger partial charge >= 0.3 is 0 Å². The van der Waals surface area contributed by atoms with Crippen LogP contribution in [0, 0.1) is 21.4 Å². The summed E-state index contributed by atoms with van der Waals surface area (Å²) in [5, 5.41) is 20.2. The largest absolute Gasteiger partial charge is 0.445 e. The predicted octanol–water partition coefficient (Wildman–Crippen LogP) is 2.92. The maximum Gasteiger partial charge on any atom is 0.270 e. The zero-order valence-corrected chi connectivity index (χ0v) is 13.0. The number of rotatable bonds is 3. The molecule has 1 aromatic rings. The second-order valence-corrected chi connectivity index (χ2v) is 5.32. The third-order valence-corrected chi connectivity index (χ3v) is 3.82. The van der Waals surface area contributed by atoms with E-state index < -0.39 is 10.8 Å². The van der Waals surface area contributed by atoms with E-state index in [2.05, 4.69) is 0 Å². The summed E-state index contributed by atoms with van der Waals surface area (Å²) in [4.78, 5) is 22.2. The number of non-ortho nitro benzene ring substituents is 1. The number of benzene rings is 1. The molecule has 0 radical (unpaired) electrons. The van der Waals surface area contributed by atoms with Crippen LogP contribution in [0.1, 0.15) is 25.3 Å². The summed E-state index contributed by atoms with van der Waals surface area (Å²) in [7, 11) is 0. The van der Waals surface area contributed by atoms with Crippen LogP contribution in [0.2, 0.25) is 5.02 Å². The minimum Gasteiger partial charge on any atom is -0.445 e. The van der Waals surface area contributed by atoms with Gasteiger partial charge in [0.25, 0.3) is 5.69 Å². The number of hydrogen-bond donors (Lipinski definition) is 1. The van der Waals surface area contributed by atoms with Crippen LogP contribution < -0.4 is 5.73 Å². The number of carbonyl (C=O) groups is 1. The molecule has 7 nitrogen and oxygen atoms in total. The first-order valence-electron chi connectivity index (χ1n) is 6.51. The number of nitrogens with two attached hydrogens (primary N) is 1. The van der Waals surface area contributed by atoms with Gasteiger partial charge in [-0.2, -0.15) is 5.26 Å². The van der Waals surface area contributed by atoms with Gasteiger partial charge in [-0.3, -0.25) is 14.9 Å². The third-order valence-electron chi connectivity index (χ3n) is 3.49. The zero-order chi connectivity index (χ0) is 17.3. The van der Waals surface area contributed by atoms with E-state index in [4.69, 9.17) is 22.1 Å². The van der Waals surface area contributed by atoms with Crippen molar-refractivity contribution >= 4 is 23.1 Å². The quantitative estimate of drug-likeness (QED) is 0.670. The van der Waals surface area contributed by atoms with Crippen molar-refractivity contribution in [2.24, 2.45) is 5.73 Å². The molecule has 1 aromatic carbocycles. The predicted molar refractivity (Wildman–Crippen MR) is 82.1 cm³/mol. The van der Waals surface area contributed by atoms with Crippen LogP contribution in [-0.2, 0) is 9.53 Å². The Hall–Kier alpha value is -2.85. The minimum atomic E-state index is -0.820. The maximum absolute atomic E-state index is 12.0. The lowest BCUT2D eigenvalue weighted by molar-refractivity contribution is -0.384. The first-order valence-corrected chi connectivity index (χ1v) is 6.88. The Morgan fingerprint density at radius 3 is 2.65 bits per heavy atom. The molecule has 1 aliphatic rings. The highest BCUT2D eigenvalue weighted by atomic mass is 35.5. The maximum atomic E-state index is 12.0. The normalized spacial score (nSPS) is 17.6. The molecule has 0 saturated heterocycles. The molecule has 0 amide bonds. The number of nitrogens with zero attached hydrogens (tertiary/aromatic N) is 2. The van der Waals surface area contributed by atoms with Crippen molar-refractivity contribution in [2.45, 2.75) is 19.8 Å². The molecule has 8 heteroatoms. The number of hydrogen-bond acceptors (Lipinski definition) is 6. The van der Waals surface area contributed by atoms with Crippen molar-refractivity contribution < 1.29 is 14.5 Å². The molecule has 1 aliphatic heterocycles. The summed E-state index contributed by atoms with van der Waals surface area (Å²) in [5.41, 5.74) is 6.21. The van der Waals surface area contributed by atoms with Crippen LogP contribution in [0.3, 0.4) is 0 Å². The Morgan fingerprint density at radius 2 is 2.17 bits per heavy atom. The van der Waals surface area contributed by atoms with Crippen molar-refractivity contribution in [2.75, 3.05) is 0 Å². The molecular weight excluding hydrogens is 322 g/mol. The fourth-order valence-electron chi connectivity index (χ4n) is 2.51. The second kappa shape index (κ2) is 6.10. The van der Waals surface area contributed by atoms with Crippen LogP contribution >= 0.6 is 11.6 Å². The van der Waals surface area contributed by atoms with Crippen molar-refractivity contribution in [3.05, 3.63) is 61.7 Å². The number of ether oxygens (including phenoxy) is 1. The van der Waals surface area contributed by atoms with E-state index in [-0.39, 0.29) is 39.3 Å². The first-order chi connectivity index (χ1) is 10.8. The van der Waals surface area contributed by atoms with Crippen LogP contribution in [0.25, 0.3) is 0 Å². The molecule has 1 heterocycles. The number of nitro benzene ring substituents is 1. The molecule has 118 valence electrons. The van der Waals surface area contributed by atoms with E-state index in [1.54, 1.807) is 6.92 Å². The van der Waals surface area contributed by atoms with E-state index in [0.29, 0.717) is 5.56 Å². The van der Waals surface area contributed by atoms with Gasteiger partial charge in [-0.05, 0) is 25.5 Å². The van der Waals surface area contributed by atoms with E-state index in [1.165, 1.54) is 25.1 Å². The van der Waals surface area contributed by atoms with Crippen molar-refractivity contribution in [1.29, 1.82) is 5.26 Å². The highest BCUT2D eigenvalue weighted by molar-refractivity contribution is 6.31. The smallest absolute Gasteiger partial charge is 0.270 e. The van der Waals surface area contributed by atoms with Gasteiger partial charge in [0.1, 0.15) is 17.4 Å². The summed E-state index contributed by atoms with van der Waals surface area (Å²) in [6.07, 6.45) is 0. The monoisotopic (exact) mass is 333 g/mol. The molecule has 0 aliphatic carbocycles. The van der Waals surface area contributed by atoms with E-state index in [1.807, 2.05) is 6.07 Å². The Bertz CT molecular complexity index is 821. The molecule has 0 spiro atoms. The Kier molecular flexibility index (Phi) is 4.38. The van der Waals surface area contributed by atoms with Gasteiger partial charge in [-0.1, -0.05) is 11.6 Å². The van der Waals surface area contributed by atoms with Crippen molar-refractivity contribution in [3.8, 4) is 6.07 Å². The minimum absolute atomic E-state index is 0.0385. The Morgan fingerprint density at radius 1 is 1.52 bits per heavy atom. The van der Waals surface area contributed by atoms with Crippen LogP contribution in [0.15, 0.2) is 41.0 Å². The average Bonchev–Trinajstić information content (AvgIpc) is 2.45. The first kappa shape index (κ1) is 16.5. The summed E-state index contributed by atoms with van der Waals surface area (Å²) in [6.45, 7) is 2.90. The van der Waals surface area contributed by atoms with E-state index in [0.717, 1.165) is 0 Å². The lowest BCUT2D eigenvalue weighted by Gasteiger charge is -2.27. The van der Waals surface area contributed by atoms with Crippen LogP contribution in [0.4, 0.5) is 5.69 Å². The number of Topliss-reactive ketones (excluding diaryl/α,β-unsaturated/α-hetero) is 1. The van der Waals surface area contributed by atoms with Gasteiger partial charge in [-0.25, -0.2) is 0 Å². The Balaban J connectivity index is 2.70. The fourth-order valence-corrected chi connectivity index (χ4v) is 2.79. The highest BCUT2D eigenvalue weighted by Crippen LogP contribution is 2.42. The summed E-state index contributed by atoms with van der Waals surface area (Å²) in [6, 6.07) is 5.77. The summed E-state index contributed by atoms with van der Waals surface area (Å²) >= 11 is 6.14. The number of nitro groups is 1. The standard InChI is InChI=1S/C15H12ClN3O4/c1-7(20)13-8(2)23-15(18)11(6-17)14(13)10-4-3-9(19(21)22)5-12(10)16/h3-5,14H,18H2,1-2H3/t14-/m1/s1. The average molecular weight is 334 g/mol. The highest BCUT2D eigenvalue weighted by Gasteiger charge is 2.35. The lowest BCUT2D eigenvalue weighted by atomic mass is 9.81. The number of ketones is 1. The third kappa shape index (κ3) is 2.89. The molecule has 0 saturated carbocycles. The Labute approximate surface area is 136 Å². The molecule has 2 rings (SSSR count). The molecule has 23 heavy (non-hydrogen) atoms. The molecule has 2 N–H and O–H groups in total. The second-order valence-electron chi connectivity index (χ2n) is 4.91. The summed E-state index contributed by atoms with van der Waals surface area (Å²) < 4.78 is 5.26. The van der Waals surface area contributed by atoms with Crippen molar-refractivity contribution in [1.82, 2.24) is 0 Å². The molecule has 0 unspecified atom stereocenters. The molecular formula is C15H12ClN3O4. The van der Waals surface area contributed by atoms with E-state index in [9.17, 15) is 20.2 Å². The van der Waals surface area contributed by atoms with Gasteiger partial charge in [0.15, 0.2) is 5.78 Å². The fraction of sp³-hybridized carbons (Fsp3) is 0.200. The van der Waals surface area contributed by atoms with Gasteiger partial charge in [-0.15, -0.1) is 0 Å². The van der Waals surface area contributed by atoms with Crippen LogP contribution in [-0.4, -0.2) is 10.7 Å². The molecule has 0 aromatic heterocycles. The molecule has 0 fully saturated rings. The lowest BCUT2D eigenvalue weighted by Crippen LogP contribution is -2.23. The SMILES string of the molecule is CC(=O)C1=C(C)OC(N)=C(C#N)[C@H]1c1ccc([N+](=O)[O-])cc1Cl. The topological polar surface area (TPSA) is 119 Å². The number of carbonyl (C=O) groups excluding carboxylic acids is 1. The van der Waals surface area contributed by atoms with E-state index >= 15 is 0 Å². The van der Waals surface area contributed by atoms with Gasteiger partial charge in [0.05, 0.1) is 15.9 Å². The van der Waals surface area contributed by atoms with Gasteiger partial charge in [0, 0.05) is 17.7 Å². The van der Waals surface area contributed by atoms with Crippen LogP contribution in [0.5, 0.6) is 0 Å². The number of nitriles is 1. The number of halogens is 1. The summed E-state index contributed by atoms with van der Waals surface area (Å²) in [5.74, 6) is -0.968. The van der Waals surface area contributed by atoms with Crippen molar-refractivity contribution in [3.63, 3.8) is 0 Å². The number of allylic oxidation sites excluding steroid dienone is 3.